The van der Waals surface area contributed by atoms with Gasteiger partial charge in [-0.1, -0.05) is 188 Å². The van der Waals surface area contributed by atoms with Crippen molar-refractivity contribution < 1.29 is 0 Å². The topological polar surface area (TPSA) is 4.93 Å². The predicted molar refractivity (Wildman–Crippen MR) is 286 cm³/mol. The molecule has 12 rings (SSSR count). The number of benzene rings is 10. The molecule has 0 saturated carbocycles. The van der Waals surface area contributed by atoms with Crippen molar-refractivity contribution in [3.05, 3.63) is 257 Å². The third kappa shape index (κ3) is 7.67. The lowest BCUT2D eigenvalue weighted by atomic mass is 9.89. The molecule has 0 N–H and O–H groups in total. The number of fused-ring (bicyclic) bond motifs is 6. The molecule has 0 spiro atoms. The second-order valence-electron chi connectivity index (χ2n) is 18.3. The van der Waals surface area contributed by atoms with Crippen molar-refractivity contribution in [3.8, 4) is 72.4 Å². The summed E-state index contributed by atoms with van der Waals surface area (Å²) in [5, 5.41) is 2.60. The SMILES string of the molecule is Cc1ccc(-c2ccccc2-c2ccccc2-c2ccc(-n3c4ccc(-c5ccccc5C)cc4c4c(C)cccc43)cc2)cc1.Cc1ccccc1-c1ccc2c(c1)-c1c(C)cccc1C2. The molecule has 1 nitrogen and oxygen atoms in total. The van der Waals surface area contributed by atoms with Crippen molar-refractivity contribution in [1.82, 2.24) is 4.57 Å². The standard InChI is InChI=1S/C45H35N.C21H18/c1-30-19-21-33(22-20-30)38-14-6-8-16-40(38)41-17-9-7-15-39(41)34-23-26-36(27-24-34)46-43-28-25-35(37-13-5-4-11-31(37)2)29-42(43)45-32(3)12-10-18-44(45)46;1-14-6-3-4-9-19(14)17-11-10-16-12-18-8-5-7-15(2)21(18)20(16)13-17/h4-29H,1-3H3;3-11,13H,12H2,1-2H3. The smallest absolute Gasteiger partial charge is 0.0543 e. The van der Waals surface area contributed by atoms with E-state index in [1.165, 1.54) is 128 Å². The van der Waals surface area contributed by atoms with Crippen LogP contribution in [0.4, 0.5) is 0 Å². The van der Waals surface area contributed by atoms with Crippen molar-refractivity contribution in [2.45, 2.75) is 41.0 Å². The largest absolute Gasteiger partial charge is 0.309 e. The van der Waals surface area contributed by atoms with Crippen molar-refractivity contribution in [1.29, 1.82) is 0 Å². The fourth-order valence-corrected chi connectivity index (χ4v) is 10.5. The monoisotopic (exact) mass is 859 g/mol. The summed E-state index contributed by atoms with van der Waals surface area (Å²) >= 11 is 0. The molecule has 11 aromatic rings. The molecule has 0 saturated heterocycles. The van der Waals surface area contributed by atoms with Gasteiger partial charge in [0.2, 0.25) is 0 Å². The second-order valence-corrected chi connectivity index (χ2v) is 18.3. The van der Waals surface area contributed by atoms with E-state index in [1.54, 1.807) is 0 Å². The zero-order valence-electron chi connectivity index (χ0n) is 38.9. The minimum Gasteiger partial charge on any atom is -0.309 e. The normalized spacial score (nSPS) is 11.6. The molecule has 1 aromatic heterocycles. The highest BCUT2D eigenvalue weighted by atomic mass is 15.0. The molecule has 0 radical (unpaired) electrons. The number of aryl methyl sites for hydroxylation is 5. The summed E-state index contributed by atoms with van der Waals surface area (Å²) in [5.41, 5.74) is 28.6. The third-order valence-electron chi connectivity index (χ3n) is 14.0. The van der Waals surface area contributed by atoms with Gasteiger partial charge < -0.3 is 4.57 Å². The number of nitrogens with zero attached hydrogens (tertiary/aromatic N) is 1. The van der Waals surface area contributed by atoms with Crippen LogP contribution in [0.1, 0.15) is 38.9 Å². The van der Waals surface area contributed by atoms with E-state index in [1.807, 2.05) is 0 Å². The first kappa shape index (κ1) is 41.7. The molecule has 0 amide bonds. The molecule has 322 valence electrons. The van der Waals surface area contributed by atoms with Crippen LogP contribution < -0.4 is 0 Å². The molecule has 1 aliphatic rings. The number of aromatic nitrogens is 1. The lowest BCUT2D eigenvalue weighted by Crippen LogP contribution is -1.94. The molecule has 1 heterocycles. The predicted octanol–water partition coefficient (Wildman–Crippen LogP) is 17.9. The van der Waals surface area contributed by atoms with Gasteiger partial charge in [-0.05, 0) is 178 Å². The van der Waals surface area contributed by atoms with E-state index in [-0.39, 0.29) is 0 Å². The molecular formula is C66H53N. The van der Waals surface area contributed by atoms with Crippen LogP contribution in [0.15, 0.2) is 218 Å². The minimum absolute atomic E-state index is 1.07. The lowest BCUT2D eigenvalue weighted by molar-refractivity contribution is 1.18. The fourth-order valence-electron chi connectivity index (χ4n) is 10.5. The van der Waals surface area contributed by atoms with Crippen molar-refractivity contribution in [2.24, 2.45) is 0 Å². The number of rotatable bonds is 6. The Balaban J connectivity index is 0.000000195. The van der Waals surface area contributed by atoms with E-state index < -0.39 is 0 Å². The van der Waals surface area contributed by atoms with Crippen molar-refractivity contribution in [3.63, 3.8) is 0 Å². The van der Waals surface area contributed by atoms with Crippen LogP contribution in [-0.4, -0.2) is 4.57 Å². The average Bonchev–Trinajstić information content (AvgIpc) is 3.91. The van der Waals surface area contributed by atoms with Gasteiger partial charge in [-0.3, -0.25) is 0 Å². The van der Waals surface area contributed by atoms with E-state index in [9.17, 15) is 0 Å². The average molecular weight is 860 g/mol. The lowest BCUT2D eigenvalue weighted by Gasteiger charge is -2.15. The van der Waals surface area contributed by atoms with Gasteiger partial charge in [0.25, 0.3) is 0 Å². The quantitative estimate of drug-likeness (QED) is 0.157. The Kier molecular flexibility index (Phi) is 10.8. The van der Waals surface area contributed by atoms with Gasteiger partial charge in [-0.15, -0.1) is 0 Å². The van der Waals surface area contributed by atoms with Gasteiger partial charge in [-0.25, -0.2) is 0 Å². The van der Waals surface area contributed by atoms with Crippen LogP contribution in [0.5, 0.6) is 0 Å². The van der Waals surface area contributed by atoms with Crippen LogP contribution in [-0.2, 0) is 6.42 Å². The Morgan fingerprint density at radius 2 is 0.806 bits per heavy atom. The maximum atomic E-state index is 2.42. The van der Waals surface area contributed by atoms with E-state index in [0.29, 0.717) is 0 Å². The van der Waals surface area contributed by atoms with E-state index in [4.69, 9.17) is 0 Å². The highest BCUT2D eigenvalue weighted by molar-refractivity contribution is 6.12. The van der Waals surface area contributed by atoms with Crippen LogP contribution in [0.2, 0.25) is 0 Å². The molecular weight excluding hydrogens is 807 g/mol. The molecule has 1 heteroatoms. The molecule has 0 aliphatic heterocycles. The summed E-state index contributed by atoms with van der Waals surface area (Å²) in [5.74, 6) is 0. The maximum absolute atomic E-state index is 2.42. The second kappa shape index (κ2) is 17.4. The molecule has 0 atom stereocenters. The maximum Gasteiger partial charge on any atom is 0.0543 e. The summed E-state index contributed by atoms with van der Waals surface area (Å²) in [6.45, 7) is 10.9. The molecule has 0 unspecified atom stereocenters. The summed E-state index contributed by atoms with van der Waals surface area (Å²) in [6.07, 6.45) is 1.07. The zero-order chi connectivity index (χ0) is 45.6. The molecule has 1 aliphatic carbocycles. The van der Waals surface area contributed by atoms with Gasteiger partial charge in [0.1, 0.15) is 0 Å². The Morgan fingerprint density at radius 1 is 0.313 bits per heavy atom. The molecule has 10 aromatic carbocycles. The summed E-state index contributed by atoms with van der Waals surface area (Å²) in [7, 11) is 0. The minimum atomic E-state index is 1.07. The fraction of sp³-hybridized carbons (Fsp3) is 0.0909. The highest BCUT2D eigenvalue weighted by Crippen LogP contribution is 2.43. The summed E-state index contributed by atoms with van der Waals surface area (Å²) < 4.78 is 2.42. The van der Waals surface area contributed by atoms with Crippen LogP contribution in [0, 0.1) is 34.6 Å². The van der Waals surface area contributed by atoms with Crippen molar-refractivity contribution in [2.75, 3.05) is 0 Å². The Labute approximate surface area is 395 Å². The van der Waals surface area contributed by atoms with E-state index >= 15 is 0 Å². The van der Waals surface area contributed by atoms with Gasteiger partial charge in [0.05, 0.1) is 11.0 Å². The first-order valence-electron chi connectivity index (χ1n) is 23.5. The first-order chi connectivity index (χ1) is 32.8. The van der Waals surface area contributed by atoms with Crippen LogP contribution >= 0.6 is 0 Å². The van der Waals surface area contributed by atoms with Gasteiger partial charge in [0.15, 0.2) is 0 Å². The molecule has 0 fully saturated rings. The highest BCUT2D eigenvalue weighted by Gasteiger charge is 2.21. The Bertz CT molecular complexity index is 3640. The summed E-state index contributed by atoms with van der Waals surface area (Å²) in [6, 6.07) is 79.9. The molecule has 0 bridgehead atoms. The van der Waals surface area contributed by atoms with Gasteiger partial charge in [-0.2, -0.15) is 0 Å². The van der Waals surface area contributed by atoms with Crippen LogP contribution in [0.3, 0.4) is 0 Å². The van der Waals surface area contributed by atoms with Gasteiger partial charge in [0, 0.05) is 16.5 Å². The molecule has 67 heavy (non-hydrogen) atoms. The summed E-state index contributed by atoms with van der Waals surface area (Å²) in [4.78, 5) is 0. The van der Waals surface area contributed by atoms with Crippen molar-refractivity contribution >= 4 is 21.8 Å². The Hall–Kier alpha value is -8.00. The Morgan fingerprint density at radius 3 is 1.43 bits per heavy atom. The number of hydrogen-bond acceptors (Lipinski definition) is 0. The van der Waals surface area contributed by atoms with Crippen LogP contribution in [0.25, 0.3) is 94.3 Å². The van der Waals surface area contributed by atoms with E-state index in [2.05, 4.69) is 258 Å². The third-order valence-corrected chi connectivity index (χ3v) is 14.0. The number of hydrogen-bond donors (Lipinski definition) is 0. The van der Waals surface area contributed by atoms with Gasteiger partial charge >= 0.3 is 0 Å². The first-order valence-corrected chi connectivity index (χ1v) is 23.5. The van der Waals surface area contributed by atoms with E-state index in [0.717, 1.165) is 12.1 Å². The zero-order valence-corrected chi connectivity index (χ0v) is 38.9.